The Kier molecular flexibility index (Phi) is 8.31. The van der Waals surface area contributed by atoms with Gasteiger partial charge in [0.1, 0.15) is 22.6 Å². The smallest absolute Gasteiger partial charge is 0.465 e. The predicted molar refractivity (Wildman–Crippen MR) is 117 cm³/mol. The third-order valence-electron chi connectivity index (χ3n) is 4.48. The summed E-state index contributed by atoms with van der Waals surface area (Å²) in [6, 6.07) is 5.56. The van der Waals surface area contributed by atoms with Crippen molar-refractivity contribution in [3.63, 3.8) is 0 Å². The van der Waals surface area contributed by atoms with Gasteiger partial charge in [-0.3, -0.25) is 0 Å². The number of nitrogens with one attached hydrogen (secondary N) is 2. The van der Waals surface area contributed by atoms with Crippen LogP contribution in [0, 0.1) is 5.82 Å². The van der Waals surface area contributed by atoms with Crippen LogP contribution >= 0.6 is 0 Å². The zero-order chi connectivity index (χ0) is 29.0. The predicted octanol–water partition coefficient (Wildman–Crippen LogP) is 5.47. The molecule has 0 saturated heterocycles. The summed E-state index contributed by atoms with van der Waals surface area (Å²) in [5.74, 6) is -5.91. The Hall–Kier alpha value is -4.83. The van der Waals surface area contributed by atoms with Gasteiger partial charge < -0.3 is 29.6 Å². The van der Waals surface area contributed by atoms with Crippen molar-refractivity contribution in [2.24, 2.45) is 0 Å². The summed E-state index contributed by atoms with van der Waals surface area (Å²) in [5.41, 5.74) is -1.36. The standard InChI is InChI=1S/C22H15F7N4O6/c1-36-18(34)12-7-10(3-5-15(12)38-21(24,25)26)31-17-14(23)9-30-20(33-17)32-11-4-6-16(39-22(27,28)29)13(8-11)19(35)37-2/h3-9H,1-2H3,(H2,30,31,32,33). The molecule has 1 heterocycles. The van der Waals surface area contributed by atoms with Crippen molar-refractivity contribution in [3.05, 3.63) is 59.5 Å². The average Bonchev–Trinajstić information content (AvgIpc) is 2.85. The lowest BCUT2D eigenvalue weighted by molar-refractivity contribution is -0.275. The van der Waals surface area contributed by atoms with E-state index in [0.29, 0.717) is 6.20 Å². The van der Waals surface area contributed by atoms with E-state index >= 15 is 0 Å². The number of carbonyl (C=O) groups is 2. The SMILES string of the molecule is COC(=O)c1cc(Nc2ncc(F)c(Nc3ccc(OC(F)(F)F)c(C(=O)OC)c3)n2)ccc1OC(F)(F)F. The number of anilines is 4. The number of aromatic nitrogens is 2. The van der Waals surface area contributed by atoms with Crippen molar-refractivity contribution in [1.29, 1.82) is 0 Å². The maximum atomic E-state index is 14.4. The number of alkyl halides is 6. The molecule has 0 amide bonds. The maximum absolute atomic E-state index is 14.4. The number of carbonyl (C=O) groups excluding carboxylic acids is 2. The Balaban J connectivity index is 1.90. The van der Waals surface area contributed by atoms with Crippen LogP contribution in [0.1, 0.15) is 20.7 Å². The van der Waals surface area contributed by atoms with E-state index < -0.39 is 58.9 Å². The fourth-order valence-electron chi connectivity index (χ4n) is 2.96. The Morgan fingerprint density at radius 2 is 1.23 bits per heavy atom. The monoisotopic (exact) mass is 564 g/mol. The molecule has 3 rings (SSSR count). The molecule has 0 aliphatic rings. The van der Waals surface area contributed by atoms with Crippen molar-refractivity contribution in [3.8, 4) is 11.5 Å². The molecule has 0 radical (unpaired) electrons. The first-order chi connectivity index (χ1) is 18.2. The van der Waals surface area contributed by atoms with Crippen molar-refractivity contribution >= 4 is 35.1 Å². The first-order valence-electron chi connectivity index (χ1n) is 10.2. The number of methoxy groups -OCH3 is 2. The van der Waals surface area contributed by atoms with Crippen LogP contribution in [0.5, 0.6) is 11.5 Å². The van der Waals surface area contributed by atoms with Gasteiger partial charge in [0.15, 0.2) is 11.6 Å². The highest BCUT2D eigenvalue weighted by Gasteiger charge is 2.34. The molecule has 0 atom stereocenters. The van der Waals surface area contributed by atoms with E-state index in [0.717, 1.165) is 50.6 Å². The molecular weight excluding hydrogens is 549 g/mol. The summed E-state index contributed by atoms with van der Waals surface area (Å²) in [6.07, 6.45) is -9.51. The molecule has 0 fully saturated rings. The highest BCUT2D eigenvalue weighted by molar-refractivity contribution is 5.94. The van der Waals surface area contributed by atoms with E-state index in [-0.39, 0.29) is 17.3 Å². The molecular formula is C22H15F7N4O6. The summed E-state index contributed by atoms with van der Waals surface area (Å²) < 4.78 is 107. The van der Waals surface area contributed by atoms with Gasteiger partial charge >= 0.3 is 24.7 Å². The van der Waals surface area contributed by atoms with E-state index in [1.807, 2.05) is 0 Å². The zero-order valence-corrected chi connectivity index (χ0v) is 19.5. The molecule has 10 nitrogen and oxygen atoms in total. The molecule has 3 aromatic rings. The van der Waals surface area contributed by atoms with E-state index in [4.69, 9.17) is 0 Å². The van der Waals surface area contributed by atoms with Crippen LogP contribution < -0.4 is 20.1 Å². The first kappa shape index (κ1) is 28.7. The Bertz CT molecular complexity index is 1380. The van der Waals surface area contributed by atoms with E-state index in [1.54, 1.807) is 0 Å². The van der Waals surface area contributed by atoms with Crippen molar-refractivity contribution in [2.75, 3.05) is 24.9 Å². The lowest BCUT2D eigenvalue weighted by Gasteiger charge is -2.15. The van der Waals surface area contributed by atoms with Crippen LogP contribution in [0.2, 0.25) is 0 Å². The Morgan fingerprint density at radius 3 is 1.67 bits per heavy atom. The highest BCUT2D eigenvalue weighted by Crippen LogP contribution is 2.32. The molecule has 0 aliphatic heterocycles. The minimum Gasteiger partial charge on any atom is -0.465 e. The zero-order valence-electron chi connectivity index (χ0n) is 19.5. The molecule has 2 N–H and O–H groups in total. The van der Waals surface area contributed by atoms with E-state index in [2.05, 4.69) is 39.5 Å². The van der Waals surface area contributed by atoms with Gasteiger partial charge in [0.05, 0.1) is 20.4 Å². The molecule has 1 aromatic heterocycles. The lowest BCUT2D eigenvalue weighted by atomic mass is 10.1. The summed E-state index contributed by atoms with van der Waals surface area (Å²) in [6.45, 7) is 0. The number of rotatable bonds is 8. The highest BCUT2D eigenvalue weighted by atomic mass is 19.4. The number of esters is 2. The quantitative estimate of drug-likeness (QED) is 0.269. The van der Waals surface area contributed by atoms with Crippen molar-refractivity contribution < 1.29 is 59.3 Å². The molecule has 0 aliphatic carbocycles. The summed E-state index contributed by atoms with van der Waals surface area (Å²) in [5, 5.41) is 5.00. The topological polar surface area (TPSA) is 121 Å². The average molecular weight is 564 g/mol. The largest absolute Gasteiger partial charge is 0.573 e. The first-order valence-corrected chi connectivity index (χ1v) is 10.2. The molecule has 0 bridgehead atoms. The number of hydrogen-bond acceptors (Lipinski definition) is 10. The van der Waals surface area contributed by atoms with Crippen molar-refractivity contribution in [2.45, 2.75) is 12.7 Å². The van der Waals surface area contributed by atoms with Crippen LogP contribution in [0.3, 0.4) is 0 Å². The normalized spacial score (nSPS) is 11.4. The Labute approximate surface area is 213 Å². The van der Waals surface area contributed by atoms with Crippen molar-refractivity contribution in [1.82, 2.24) is 9.97 Å². The van der Waals surface area contributed by atoms with Gasteiger partial charge in [-0.25, -0.2) is 19.0 Å². The second-order valence-corrected chi connectivity index (χ2v) is 7.14. The molecule has 0 spiro atoms. The van der Waals surface area contributed by atoms with Crippen LogP contribution in [-0.4, -0.2) is 48.9 Å². The minimum absolute atomic E-state index is 0.0240. The maximum Gasteiger partial charge on any atom is 0.573 e. The number of nitrogens with zero attached hydrogens (tertiary/aromatic N) is 2. The summed E-state index contributed by atoms with van der Waals surface area (Å²) in [7, 11) is 1.86. The number of ether oxygens (including phenoxy) is 4. The van der Waals surface area contributed by atoms with Crippen LogP contribution in [0.15, 0.2) is 42.6 Å². The Morgan fingerprint density at radius 1 is 0.769 bits per heavy atom. The van der Waals surface area contributed by atoms with Crippen LogP contribution in [0.4, 0.5) is 53.9 Å². The van der Waals surface area contributed by atoms with Gasteiger partial charge in [0.25, 0.3) is 0 Å². The van der Waals surface area contributed by atoms with Crippen LogP contribution in [-0.2, 0) is 9.47 Å². The van der Waals surface area contributed by atoms with Gasteiger partial charge in [-0.05, 0) is 36.4 Å². The van der Waals surface area contributed by atoms with Gasteiger partial charge in [-0.15, -0.1) is 26.3 Å². The minimum atomic E-state index is -5.11. The fraction of sp³-hybridized carbons (Fsp3) is 0.182. The molecule has 2 aromatic carbocycles. The second-order valence-electron chi connectivity index (χ2n) is 7.14. The number of halogens is 7. The summed E-state index contributed by atoms with van der Waals surface area (Å²) in [4.78, 5) is 31.4. The second kappa shape index (κ2) is 11.3. The molecule has 17 heteroatoms. The number of benzene rings is 2. The molecule has 0 saturated carbocycles. The van der Waals surface area contributed by atoms with E-state index in [1.165, 1.54) is 0 Å². The lowest BCUT2D eigenvalue weighted by Crippen LogP contribution is -2.19. The van der Waals surface area contributed by atoms with Gasteiger partial charge in [-0.1, -0.05) is 0 Å². The summed E-state index contributed by atoms with van der Waals surface area (Å²) >= 11 is 0. The van der Waals surface area contributed by atoms with Gasteiger partial charge in [-0.2, -0.15) is 4.98 Å². The third kappa shape index (κ3) is 7.83. The molecule has 208 valence electrons. The van der Waals surface area contributed by atoms with Crippen LogP contribution in [0.25, 0.3) is 0 Å². The third-order valence-corrected chi connectivity index (χ3v) is 4.48. The van der Waals surface area contributed by atoms with Gasteiger partial charge in [0, 0.05) is 11.4 Å². The number of hydrogen-bond donors (Lipinski definition) is 2. The van der Waals surface area contributed by atoms with E-state index in [9.17, 15) is 40.3 Å². The van der Waals surface area contributed by atoms with Gasteiger partial charge in [0.2, 0.25) is 5.95 Å². The molecule has 39 heavy (non-hydrogen) atoms. The molecule has 0 unspecified atom stereocenters. The fourth-order valence-corrected chi connectivity index (χ4v) is 2.96.